The molecule has 0 radical (unpaired) electrons. The molecule has 0 saturated heterocycles. The highest BCUT2D eigenvalue weighted by molar-refractivity contribution is 7.99. The van der Waals surface area contributed by atoms with E-state index in [1.165, 1.54) is 31.5 Å². The van der Waals surface area contributed by atoms with Crippen LogP contribution >= 0.6 is 23.1 Å². The summed E-state index contributed by atoms with van der Waals surface area (Å²) in [6.45, 7) is 2.08. The molecule has 3 aromatic rings. The molecule has 0 N–H and O–H groups in total. The van der Waals surface area contributed by atoms with Gasteiger partial charge in [0.15, 0.2) is 5.16 Å². The predicted molar refractivity (Wildman–Crippen MR) is 92.2 cm³/mol. The Morgan fingerprint density at radius 3 is 2.88 bits per heavy atom. The average molecular weight is 359 g/mol. The summed E-state index contributed by atoms with van der Waals surface area (Å²) in [5, 5.41) is 16.1. The second kappa shape index (κ2) is 5.70. The van der Waals surface area contributed by atoms with E-state index < -0.39 is 0 Å². The van der Waals surface area contributed by atoms with Gasteiger partial charge in [0.1, 0.15) is 5.82 Å². The molecule has 24 heavy (non-hydrogen) atoms. The van der Waals surface area contributed by atoms with Crippen molar-refractivity contribution in [2.45, 2.75) is 55.0 Å². The van der Waals surface area contributed by atoms with Crippen molar-refractivity contribution >= 4 is 23.1 Å². The molecule has 0 bridgehead atoms. The molecular weight excluding hydrogens is 342 g/mol. The molecule has 2 aliphatic carbocycles. The van der Waals surface area contributed by atoms with Crippen LogP contribution in [0.15, 0.2) is 27.2 Å². The van der Waals surface area contributed by atoms with Gasteiger partial charge in [-0.05, 0) is 44.1 Å². The summed E-state index contributed by atoms with van der Waals surface area (Å²) in [7, 11) is 0. The van der Waals surface area contributed by atoms with Gasteiger partial charge in [-0.1, -0.05) is 23.0 Å². The SMILES string of the molecule is CC(Sc1nnc(C2CC2)n1C1CC1)c1nc(-c2cccs2)no1. The van der Waals surface area contributed by atoms with Crippen LogP contribution in [0.5, 0.6) is 0 Å². The van der Waals surface area contributed by atoms with E-state index in [9.17, 15) is 0 Å². The first kappa shape index (κ1) is 14.7. The van der Waals surface area contributed by atoms with Crippen molar-refractivity contribution in [3.63, 3.8) is 0 Å². The predicted octanol–water partition coefficient (Wildman–Crippen LogP) is 4.46. The third kappa shape index (κ3) is 2.67. The van der Waals surface area contributed by atoms with Gasteiger partial charge >= 0.3 is 0 Å². The molecule has 3 heterocycles. The lowest BCUT2D eigenvalue weighted by molar-refractivity contribution is 0.380. The smallest absolute Gasteiger partial charge is 0.240 e. The van der Waals surface area contributed by atoms with Crippen LogP contribution in [-0.2, 0) is 0 Å². The molecule has 5 rings (SSSR count). The van der Waals surface area contributed by atoms with Gasteiger partial charge in [-0.2, -0.15) is 4.98 Å². The van der Waals surface area contributed by atoms with Crippen LogP contribution in [0.1, 0.15) is 61.5 Å². The summed E-state index contributed by atoms with van der Waals surface area (Å²) >= 11 is 3.28. The summed E-state index contributed by atoms with van der Waals surface area (Å²) in [6.07, 6.45) is 4.98. The fourth-order valence-electron chi connectivity index (χ4n) is 2.78. The molecule has 0 amide bonds. The van der Waals surface area contributed by atoms with Crippen molar-refractivity contribution in [3.05, 3.63) is 29.2 Å². The van der Waals surface area contributed by atoms with Gasteiger partial charge in [-0.25, -0.2) is 0 Å². The number of rotatable bonds is 6. The molecule has 8 heteroatoms. The largest absolute Gasteiger partial charge is 0.338 e. The highest BCUT2D eigenvalue weighted by atomic mass is 32.2. The van der Waals surface area contributed by atoms with Gasteiger partial charge in [0, 0.05) is 12.0 Å². The minimum absolute atomic E-state index is 0.0555. The summed E-state index contributed by atoms with van der Waals surface area (Å²) < 4.78 is 7.83. The van der Waals surface area contributed by atoms with Crippen LogP contribution in [0.2, 0.25) is 0 Å². The van der Waals surface area contributed by atoms with Gasteiger partial charge in [0.05, 0.1) is 10.1 Å². The van der Waals surface area contributed by atoms with E-state index >= 15 is 0 Å². The molecule has 3 aromatic heterocycles. The molecule has 1 atom stereocenters. The lowest BCUT2D eigenvalue weighted by Gasteiger charge is -2.10. The molecule has 0 spiro atoms. The third-order valence-corrected chi connectivity index (χ3v) is 6.27. The van der Waals surface area contributed by atoms with Crippen molar-refractivity contribution in [1.29, 1.82) is 0 Å². The molecule has 2 fully saturated rings. The number of nitrogens with zero attached hydrogens (tertiary/aromatic N) is 5. The third-order valence-electron chi connectivity index (χ3n) is 4.36. The molecule has 6 nitrogen and oxygen atoms in total. The van der Waals surface area contributed by atoms with Crippen molar-refractivity contribution in [3.8, 4) is 10.7 Å². The number of hydrogen-bond donors (Lipinski definition) is 0. The zero-order valence-electron chi connectivity index (χ0n) is 13.3. The minimum atomic E-state index is 0.0555. The lowest BCUT2D eigenvalue weighted by Crippen LogP contribution is -2.02. The molecule has 1 unspecified atom stereocenters. The summed E-state index contributed by atoms with van der Waals surface area (Å²) in [5.41, 5.74) is 0. The monoisotopic (exact) mass is 359 g/mol. The van der Waals surface area contributed by atoms with Crippen LogP contribution in [0.3, 0.4) is 0 Å². The Kier molecular flexibility index (Phi) is 3.48. The maximum absolute atomic E-state index is 5.47. The maximum atomic E-state index is 5.47. The van der Waals surface area contributed by atoms with Crippen LogP contribution in [-0.4, -0.2) is 24.9 Å². The Morgan fingerprint density at radius 1 is 1.29 bits per heavy atom. The molecule has 2 aliphatic rings. The zero-order chi connectivity index (χ0) is 16.1. The van der Waals surface area contributed by atoms with Gasteiger partial charge < -0.3 is 9.09 Å². The van der Waals surface area contributed by atoms with Crippen LogP contribution in [0.4, 0.5) is 0 Å². The quantitative estimate of drug-likeness (QED) is 0.605. The maximum Gasteiger partial charge on any atom is 0.240 e. The summed E-state index contributed by atoms with van der Waals surface area (Å²) in [5.74, 6) is 3.10. The molecule has 2 saturated carbocycles. The van der Waals surface area contributed by atoms with Crippen LogP contribution in [0.25, 0.3) is 10.7 Å². The molecule has 124 valence electrons. The van der Waals surface area contributed by atoms with E-state index in [1.807, 2.05) is 17.5 Å². The lowest BCUT2D eigenvalue weighted by atomic mass is 10.4. The first-order valence-corrected chi connectivity index (χ1v) is 10.0. The number of thiophene rings is 1. The van der Waals surface area contributed by atoms with E-state index in [0.29, 0.717) is 23.7 Å². The fraction of sp³-hybridized carbons (Fsp3) is 0.500. The second-order valence-corrected chi connectivity index (χ2v) is 8.67. The molecule has 0 aromatic carbocycles. The average Bonchev–Trinajstić information content (AvgIpc) is 3.44. The van der Waals surface area contributed by atoms with Gasteiger partial charge in [-0.3, -0.25) is 0 Å². The van der Waals surface area contributed by atoms with Gasteiger partial charge in [0.25, 0.3) is 0 Å². The van der Waals surface area contributed by atoms with E-state index in [-0.39, 0.29) is 5.25 Å². The zero-order valence-corrected chi connectivity index (χ0v) is 14.9. The van der Waals surface area contributed by atoms with E-state index in [1.54, 1.807) is 23.1 Å². The topological polar surface area (TPSA) is 69.6 Å². The molecular formula is C16H17N5OS2. The first-order valence-electron chi connectivity index (χ1n) is 8.28. The highest BCUT2D eigenvalue weighted by Crippen LogP contribution is 2.47. The Morgan fingerprint density at radius 2 is 2.17 bits per heavy atom. The minimum Gasteiger partial charge on any atom is -0.338 e. The van der Waals surface area contributed by atoms with Crippen molar-refractivity contribution in [2.24, 2.45) is 0 Å². The van der Waals surface area contributed by atoms with Crippen molar-refractivity contribution in [1.82, 2.24) is 24.9 Å². The normalized spacial score (nSPS) is 18.9. The van der Waals surface area contributed by atoms with Crippen LogP contribution in [0, 0.1) is 0 Å². The Labute approximate surface area is 147 Å². The van der Waals surface area contributed by atoms with Crippen molar-refractivity contribution in [2.75, 3.05) is 0 Å². The first-order chi connectivity index (χ1) is 11.8. The summed E-state index contributed by atoms with van der Waals surface area (Å²) in [4.78, 5) is 5.57. The fourth-order valence-corrected chi connectivity index (χ4v) is 4.39. The number of aromatic nitrogens is 5. The van der Waals surface area contributed by atoms with E-state index in [0.717, 1.165) is 10.0 Å². The van der Waals surface area contributed by atoms with E-state index in [2.05, 4.69) is 31.8 Å². The number of thioether (sulfide) groups is 1. The van der Waals surface area contributed by atoms with E-state index in [4.69, 9.17) is 4.52 Å². The van der Waals surface area contributed by atoms with Crippen LogP contribution < -0.4 is 0 Å². The summed E-state index contributed by atoms with van der Waals surface area (Å²) in [6, 6.07) is 4.59. The van der Waals surface area contributed by atoms with Gasteiger partial charge in [0.2, 0.25) is 11.7 Å². The van der Waals surface area contributed by atoms with Gasteiger partial charge in [-0.15, -0.1) is 21.5 Å². The Bertz CT molecular complexity index is 848. The molecule has 0 aliphatic heterocycles. The Hall–Kier alpha value is -1.67. The number of hydrogen-bond acceptors (Lipinski definition) is 7. The highest BCUT2D eigenvalue weighted by Gasteiger charge is 2.37. The van der Waals surface area contributed by atoms with Crippen molar-refractivity contribution < 1.29 is 4.52 Å². The standard InChI is InChI=1S/C16H17N5OS2/c1-9(15-17-13(20-22-15)12-3-2-8-23-12)24-16-19-18-14(10-4-5-10)21(16)11-6-7-11/h2-3,8-11H,4-7H2,1H3. The Balaban J connectivity index is 1.38. The second-order valence-electron chi connectivity index (χ2n) is 6.41.